The molecule has 0 radical (unpaired) electrons. The summed E-state index contributed by atoms with van der Waals surface area (Å²) in [6.45, 7) is 0. The van der Waals surface area contributed by atoms with Gasteiger partial charge in [-0.1, -0.05) is 0 Å². The van der Waals surface area contributed by atoms with Crippen LogP contribution in [0.1, 0.15) is 28.5 Å². The minimum Gasteiger partial charge on any atom is -0.412 e. The third-order valence-electron chi connectivity index (χ3n) is 0. The zero-order valence-corrected chi connectivity index (χ0v) is 15.0. The first kappa shape index (κ1) is 235. The van der Waals surface area contributed by atoms with E-state index in [0.29, 0.717) is 0 Å². The maximum atomic E-state index is 6.00. The molecule has 0 amide bonds. The smallest absolute Gasteiger partial charge is 0.412 e. The number of hydrogen-bond acceptors (Lipinski definition) is 16. The third-order valence-corrected chi connectivity index (χ3v) is 0. The molecule has 0 saturated heterocycles. The minimum absolute atomic E-state index is 0. The molecule has 0 aliphatic carbocycles. The van der Waals surface area contributed by atoms with Gasteiger partial charge in [-0.15, -0.1) is 0 Å². The SMILES string of the molecule is O.O.O.O.O.O.O.OO.OO.OO.OO.OO.OO.OO.OO.[Fe].[Fe].[Fe].[H+].[H+].[H+].[H+].[H+].[H+].[H+].[H+].[H+].[H+].[H+].[H+].[H+].[H+].[H+].[H+].[H+].[H+].[H+].[H+]. The maximum absolute atomic E-state index is 6.00. The van der Waals surface area contributed by atoms with E-state index in [9.17, 15) is 0 Å². The van der Waals surface area contributed by atoms with E-state index in [-0.39, 0.29) is 118 Å². The molecule has 0 saturated carbocycles. The Balaban J connectivity index is -0.000000000404. The van der Waals surface area contributed by atoms with Crippen molar-refractivity contribution in [2.24, 2.45) is 0 Å². The minimum atomic E-state index is 0. The Hall–Kier alpha value is 0.638. The molecule has 26 heavy (non-hydrogen) atoms. The molecule has 30 N–H and O–H groups in total. The molecular formula is H50Fe3O23+20. The molecule has 23 nitrogen and oxygen atoms in total. The van der Waals surface area contributed by atoms with Crippen LogP contribution >= 0.6 is 0 Å². The largest absolute Gasteiger partial charge is 1.00 e. The Morgan fingerprint density at radius 1 is 0.192 bits per heavy atom. The fourth-order valence-electron chi connectivity index (χ4n) is 0. The molecule has 0 aromatic rings. The van der Waals surface area contributed by atoms with Gasteiger partial charge in [0.2, 0.25) is 0 Å². The quantitative estimate of drug-likeness (QED) is 0.0747. The van der Waals surface area contributed by atoms with E-state index in [4.69, 9.17) is 84.1 Å². The van der Waals surface area contributed by atoms with Crippen LogP contribution in [0, 0.1) is 0 Å². The molecule has 0 aliphatic heterocycles. The molecule has 0 aromatic carbocycles. The van der Waals surface area contributed by atoms with Gasteiger partial charge in [-0.3, -0.25) is 84.1 Å². The molecule has 0 fully saturated rings. The van der Waals surface area contributed by atoms with E-state index in [0.717, 1.165) is 0 Å². The summed E-state index contributed by atoms with van der Waals surface area (Å²) in [6.07, 6.45) is 0. The van der Waals surface area contributed by atoms with Gasteiger partial charge < -0.3 is 38.3 Å². The van der Waals surface area contributed by atoms with Crippen molar-refractivity contribution in [1.29, 1.82) is 0 Å². The van der Waals surface area contributed by atoms with Crippen molar-refractivity contribution in [3.05, 3.63) is 0 Å². The van der Waals surface area contributed by atoms with E-state index in [1.54, 1.807) is 0 Å². The van der Waals surface area contributed by atoms with Crippen molar-refractivity contribution in [3.8, 4) is 0 Å². The van der Waals surface area contributed by atoms with Gasteiger partial charge in [-0.2, -0.15) is 0 Å². The zero-order chi connectivity index (χ0) is 16.0. The standard InChI is InChI=1S/3Fe.8H2O2.7H2O/c;;;8*1-2;;;;;;;/h;;;8*1-2H;7*1H2/p+20. The molecule has 0 unspecified atom stereocenters. The molecule has 192 valence electrons. The number of hydrogen-bond donors (Lipinski definition) is 16. The monoisotopic (exact) mass is 586 g/mol. The molecule has 0 bridgehead atoms. The normalized spacial score (nSPS) is 1.85. The van der Waals surface area contributed by atoms with Crippen LogP contribution < -0.4 is 0 Å². The van der Waals surface area contributed by atoms with Crippen LogP contribution in [0.15, 0.2) is 0 Å². The summed E-state index contributed by atoms with van der Waals surface area (Å²) >= 11 is 0. The number of rotatable bonds is 0. The summed E-state index contributed by atoms with van der Waals surface area (Å²) in [5, 5.41) is 96.0. The van der Waals surface area contributed by atoms with Gasteiger partial charge in [0.1, 0.15) is 0 Å². The first-order valence-electron chi connectivity index (χ1n) is 1.60. The molecule has 0 heterocycles. The predicted molar refractivity (Wildman–Crippen MR) is 89.6 cm³/mol. The zero-order valence-electron chi connectivity index (χ0n) is 31.7. The summed E-state index contributed by atoms with van der Waals surface area (Å²) in [7, 11) is 0. The van der Waals surface area contributed by atoms with Gasteiger partial charge in [0.05, 0.1) is 0 Å². The van der Waals surface area contributed by atoms with E-state index >= 15 is 0 Å². The summed E-state index contributed by atoms with van der Waals surface area (Å²) in [6, 6.07) is 0. The van der Waals surface area contributed by atoms with E-state index < -0.39 is 0 Å². The van der Waals surface area contributed by atoms with Gasteiger partial charge >= 0.3 is 28.5 Å². The van der Waals surface area contributed by atoms with E-state index in [1.807, 2.05) is 0 Å². The van der Waals surface area contributed by atoms with Gasteiger partial charge in [-0.05, 0) is 0 Å². The van der Waals surface area contributed by atoms with Crippen LogP contribution in [0.2, 0.25) is 0 Å². The first-order chi connectivity index (χ1) is 8.00. The third kappa shape index (κ3) is 33800. The predicted octanol–water partition coefficient (Wildman–Crippen LogP) is -3.39. The van der Waals surface area contributed by atoms with Crippen molar-refractivity contribution < 1.29 is 202 Å². The van der Waals surface area contributed by atoms with Gasteiger partial charge in [0.25, 0.3) is 0 Å². The molecule has 0 aliphatic rings. The molecule has 0 aromatic heterocycles. The summed E-state index contributed by atoms with van der Waals surface area (Å²) in [5.74, 6) is 0. The van der Waals surface area contributed by atoms with Gasteiger partial charge in [0, 0.05) is 51.2 Å². The Bertz CT molecular complexity index is 58.8. The average Bonchev–Trinajstić information content (AvgIpc) is 2.54. The maximum Gasteiger partial charge on any atom is 1.00 e. The molecule has 0 spiro atoms. The van der Waals surface area contributed by atoms with Crippen LogP contribution in [0.5, 0.6) is 0 Å². The summed E-state index contributed by atoms with van der Waals surface area (Å²) in [4.78, 5) is 0. The van der Waals surface area contributed by atoms with E-state index in [2.05, 4.69) is 0 Å². The van der Waals surface area contributed by atoms with Gasteiger partial charge in [0.15, 0.2) is 0 Å². The van der Waals surface area contributed by atoms with Crippen LogP contribution in [0.4, 0.5) is 0 Å². The Labute approximate surface area is 203 Å². The van der Waals surface area contributed by atoms with Crippen LogP contribution in [-0.2, 0) is 51.2 Å². The van der Waals surface area contributed by atoms with E-state index in [1.165, 1.54) is 0 Å². The topological polar surface area (TPSA) is 544 Å². The van der Waals surface area contributed by atoms with Crippen LogP contribution in [0.25, 0.3) is 0 Å². The van der Waals surface area contributed by atoms with Crippen molar-refractivity contribution in [3.63, 3.8) is 0 Å². The Kier molecular flexibility index (Phi) is 345000. The molecule has 0 rings (SSSR count). The summed E-state index contributed by atoms with van der Waals surface area (Å²) < 4.78 is 0. The van der Waals surface area contributed by atoms with Gasteiger partial charge in [-0.25, -0.2) is 0 Å². The second-order valence-electron chi connectivity index (χ2n) is 0. The Morgan fingerprint density at radius 2 is 0.192 bits per heavy atom. The van der Waals surface area contributed by atoms with Crippen molar-refractivity contribution in [1.82, 2.24) is 0 Å². The van der Waals surface area contributed by atoms with Crippen molar-refractivity contribution in [2.75, 3.05) is 0 Å². The molecule has 26 heteroatoms. The van der Waals surface area contributed by atoms with Crippen LogP contribution in [-0.4, -0.2) is 122 Å². The molecular weight excluding hydrogens is 536 g/mol. The second kappa shape index (κ2) is 38200. The van der Waals surface area contributed by atoms with Crippen LogP contribution in [0.3, 0.4) is 0 Å². The summed E-state index contributed by atoms with van der Waals surface area (Å²) in [5.41, 5.74) is 0. The fraction of sp³-hybridized carbons (Fsp3) is 0. The Morgan fingerprint density at radius 3 is 0.192 bits per heavy atom. The first-order valence-corrected chi connectivity index (χ1v) is 1.60. The second-order valence-corrected chi connectivity index (χ2v) is 0. The van der Waals surface area contributed by atoms with Crippen molar-refractivity contribution >= 4 is 0 Å². The van der Waals surface area contributed by atoms with Crippen molar-refractivity contribution in [2.45, 2.75) is 0 Å². The average molecular weight is 586 g/mol. The fourth-order valence-corrected chi connectivity index (χ4v) is 0. The molecule has 0 atom stereocenters.